The van der Waals surface area contributed by atoms with Gasteiger partial charge in [-0.05, 0) is 36.8 Å². The second kappa shape index (κ2) is 7.36. The van der Waals surface area contributed by atoms with E-state index in [1.165, 1.54) is 13.2 Å². The van der Waals surface area contributed by atoms with E-state index in [2.05, 4.69) is 0 Å². The third-order valence-electron chi connectivity index (χ3n) is 3.02. The van der Waals surface area contributed by atoms with Crippen LogP contribution in [0.4, 0.5) is 0 Å². The Kier molecular flexibility index (Phi) is 5.25. The molecular weight excluding hydrogens is 284 g/mol. The van der Waals surface area contributed by atoms with E-state index in [0.717, 1.165) is 11.3 Å². The molecule has 0 aliphatic heterocycles. The number of hydrogen-bond acceptors (Lipinski definition) is 4. The lowest BCUT2D eigenvalue weighted by Gasteiger charge is -2.13. The van der Waals surface area contributed by atoms with Crippen LogP contribution >= 0.6 is 0 Å². The van der Waals surface area contributed by atoms with Gasteiger partial charge in [-0.2, -0.15) is 0 Å². The Morgan fingerprint density at radius 1 is 1.09 bits per heavy atom. The highest BCUT2D eigenvalue weighted by atomic mass is 16.5. The number of benzene rings is 2. The largest absolute Gasteiger partial charge is 0.493 e. The van der Waals surface area contributed by atoms with Crippen molar-refractivity contribution in [1.29, 1.82) is 0 Å². The van der Waals surface area contributed by atoms with Crippen LogP contribution in [0.2, 0.25) is 0 Å². The molecule has 0 unspecified atom stereocenters. The maximum atomic E-state index is 11.2. The van der Waals surface area contributed by atoms with Crippen LogP contribution in [0, 0.1) is 6.92 Å². The number of carboxylic acid groups (broad SMARTS) is 1. The second-order valence-electron chi connectivity index (χ2n) is 4.66. The highest BCUT2D eigenvalue weighted by Gasteiger charge is 2.16. The number of aromatic carboxylic acids is 1. The van der Waals surface area contributed by atoms with Gasteiger partial charge in [0, 0.05) is 0 Å². The molecule has 0 aliphatic rings. The SMILES string of the molecule is COc1cccc(C(=O)O)c1OCCOc1cccc(C)c1. The topological polar surface area (TPSA) is 65.0 Å². The van der Waals surface area contributed by atoms with E-state index >= 15 is 0 Å². The van der Waals surface area contributed by atoms with Gasteiger partial charge in [0.05, 0.1) is 7.11 Å². The summed E-state index contributed by atoms with van der Waals surface area (Å²) in [6.45, 7) is 2.51. The molecule has 0 amide bonds. The van der Waals surface area contributed by atoms with Gasteiger partial charge in [-0.15, -0.1) is 0 Å². The Hall–Kier alpha value is -2.69. The van der Waals surface area contributed by atoms with Crippen molar-refractivity contribution in [3.63, 3.8) is 0 Å². The quantitative estimate of drug-likeness (QED) is 0.796. The van der Waals surface area contributed by atoms with Crippen molar-refractivity contribution in [2.24, 2.45) is 0 Å². The van der Waals surface area contributed by atoms with Crippen LogP contribution in [0.5, 0.6) is 17.2 Å². The van der Waals surface area contributed by atoms with E-state index in [1.54, 1.807) is 12.1 Å². The number of methoxy groups -OCH3 is 1. The van der Waals surface area contributed by atoms with Crippen molar-refractivity contribution in [3.8, 4) is 17.2 Å². The Balaban J connectivity index is 1.98. The fourth-order valence-electron chi connectivity index (χ4n) is 2.00. The first kappa shape index (κ1) is 15.7. The smallest absolute Gasteiger partial charge is 0.339 e. The summed E-state index contributed by atoms with van der Waals surface area (Å²) in [5.41, 5.74) is 1.17. The van der Waals surface area contributed by atoms with Crippen molar-refractivity contribution in [2.45, 2.75) is 6.92 Å². The number of carbonyl (C=O) groups is 1. The lowest BCUT2D eigenvalue weighted by molar-refractivity contribution is 0.0690. The number of ether oxygens (including phenoxy) is 3. The molecule has 22 heavy (non-hydrogen) atoms. The van der Waals surface area contributed by atoms with Crippen LogP contribution in [0.3, 0.4) is 0 Å². The summed E-state index contributed by atoms with van der Waals surface area (Å²) in [5, 5.41) is 9.18. The van der Waals surface area contributed by atoms with Gasteiger partial charge in [-0.3, -0.25) is 0 Å². The summed E-state index contributed by atoms with van der Waals surface area (Å²) in [5.74, 6) is 0.288. The Bertz CT molecular complexity index is 651. The Labute approximate surface area is 129 Å². The van der Waals surface area contributed by atoms with Crippen molar-refractivity contribution in [3.05, 3.63) is 53.6 Å². The molecule has 0 aliphatic carbocycles. The van der Waals surface area contributed by atoms with Crippen molar-refractivity contribution in [1.82, 2.24) is 0 Å². The van der Waals surface area contributed by atoms with Gasteiger partial charge in [-0.25, -0.2) is 4.79 Å². The highest BCUT2D eigenvalue weighted by molar-refractivity contribution is 5.92. The first-order chi connectivity index (χ1) is 10.6. The number of para-hydroxylation sites is 1. The zero-order valence-corrected chi connectivity index (χ0v) is 12.5. The summed E-state index contributed by atoms with van der Waals surface area (Å²) in [6.07, 6.45) is 0. The molecule has 1 N–H and O–H groups in total. The summed E-state index contributed by atoms with van der Waals surface area (Å²) in [7, 11) is 1.47. The summed E-state index contributed by atoms with van der Waals surface area (Å²) in [4.78, 5) is 11.2. The zero-order valence-electron chi connectivity index (χ0n) is 12.5. The van der Waals surface area contributed by atoms with Crippen LogP contribution in [-0.2, 0) is 0 Å². The van der Waals surface area contributed by atoms with Gasteiger partial charge in [0.1, 0.15) is 24.5 Å². The minimum Gasteiger partial charge on any atom is -0.493 e. The average Bonchev–Trinajstić information content (AvgIpc) is 2.51. The lowest BCUT2D eigenvalue weighted by atomic mass is 10.2. The van der Waals surface area contributed by atoms with Gasteiger partial charge in [0.2, 0.25) is 0 Å². The number of carboxylic acids is 1. The third-order valence-corrected chi connectivity index (χ3v) is 3.02. The van der Waals surface area contributed by atoms with Crippen LogP contribution in [0.1, 0.15) is 15.9 Å². The zero-order chi connectivity index (χ0) is 15.9. The Morgan fingerprint density at radius 2 is 1.82 bits per heavy atom. The van der Waals surface area contributed by atoms with Gasteiger partial charge in [-0.1, -0.05) is 18.2 Å². The summed E-state index contributed by atoms with van der Waals surface area (Å²) < 4.78 is 16.2. The van der Waals surface area contributed by atoms with E-state index in [1.807, 2.05) is 31.2 Å². The molecule has 2 aromatic rings. The molecule has 5 nitrogen and oxygen atoms in total. The van der Waals surface area contributed by atoms with Crippen LogP contribution < -0.4 is 14.2 Å². The molecular formula is C17H18O5. The maximum Gasteiger partial charge on any atom is 0.339 e. The number of rotatable bonds is 7. The van der Waals surface area contributed by atoms with E-state index in [4.69, 9.17) is 14.2 Å². The Morgan fingerprint density at radius 3 is 2.50 bits per heavy atom. The molecule has 0 saturated carbocycles. The molecule has 0 saturated heterocycles. The van der Waals surface area contributed by atoms with E-state index < -0.39 is 5.97 Å². The molecule has 0 bridgehead atoms. The molecule has 0 spiro atoms. The molecule has 0 heterocycles. The van der Waals surface area contributed by atoms with Crippen molar-refractivity contribution in [2.75, 3.05) is 20.3 Å². The number of aryl methyl sites for hydroxylation is 1. The second-order valence-corrected chi connectivity index (χ2v) is 4.66. The maximum absolute atomic E-state index is 11.2. The normalized spacial score (nSPS) is 10.1. The highest BCUT2D eigenvalue weighted by Crippen LogP contribution is 2.31. The van der Waals surface area contributed by atoms with Gasteiger partial charge < -0.3 is 19.3 Å². The third kappa shape index (κ3) is 3.91. The molecule has 5 heteroatoms. The molecule has 116 valence electrons. The predicted octanol–water partition coefficient (Wildman–Crippen LogP) is 3.16. The van der Waals surface area contributed by atoms with Gasteiger partial charge in [0.15, 0.2) is 11.5 Å². The fraction of sp³-hybridized carbons (Fsp3) is 0.235. The monoisotopic (exact) mass is 302 g/mol. The minimum atomic E-state index is -1.06. The molecule has 0 fully saturated rings. The molecule has 2 rings (SSSR count). The van der Waals surface area contributed by atoms with Crippen LogP contribution in [0.25, 0.3) is 0 Å². The summed E-state index contributed by atoms with van der Waals surface area (Å²) >= 11 is 0. The van der Waals surface area contributed by atoms with E-state index in [0.29, 0.717) is 12.4 Å². The van der Waals surface area contributed by atoms with Crippen LogP contribution in [0.15, 0.2) is 42.5 Å². The first-order valence-electron chi connectivity index (χ1n) is 6.84. The van der Waals surface area contributed by atoms with Crippen LogP contribution in [-0.4, -0.2) is 31.4 Å². The lowest BCUT2D eigenvalue weighted by Crippen LogP contribution is -2.12. The average molecular weight is 302 g/mol. The molecule has 0 atom stereocenters. The van der Waals surface area contributed by atoms with E-state index in [-0.39, 0.29) is 17.9 Å². The molecule has 0 radical (unpaired) electrons. The van der Waals surface area contributed by atoms with Crippen molar-refractivity contribution < 1.29 is 24.1 Å². The fourth-order valence-corrected chi connectivity index (χ4v) is 2.00. The minimum absolute atomic E-state index is 0.0647. The van der Waals surface area contributed by atoms with Crippen molar-refractivity contribution >= 4 is 5.97 Å². The molecule has 2 aromatic carbocycles. The van der Waals surface area contributed by atoms with Gasteiger partial charge >= 0.3 is 5.97 Å². The van der Waals surface area contributed by atoms with Gasteiger partial charge in [0.25, 0.3) is 0 Å². The first-order valence-corrected chi connectivity index (χ1v) is 6.84. The van der Waals surface area contributed by atoms with E-state index in [9.17, 15) is 9.90 Å². The predicted molar refractivity (Wildman–Crippen MR) is 82.1 cm³/mol. The molecule has 0 aromatic heterocycles. The summed E-state index contributed by atoms with van der Waals surface area (Å²) in [6, 6.07) is 12.4. The standard InChI is InChI=1S/C17H18O5/c1-12-5-3-6-13(11-12)21-9-10-22-16-14(17(18)19)7-4-8-15(16)20-2/h3-8,11H,9-10H2,1-2H3,(H,18,19). The number of hydrogen-bond donors (Lipinski definition) is 1.